The van der Waals surface area contributed by atoms with Crippen LogP contribution in [0, 0.1) is 0 Å². The molecule has 3 nitrogen and oxygen atoms in total. The number of carbonyl (C=O) groups is 1. The van der Waals surface area contributed by atoms with E-state index in [1.54, 1.807) is 0 Å². The fraction of sp³-hybridized carbons (Fsp3) is 0.333. The van der Waals surface area contributed by atoms with Gasteiger partial charge in [0.1, 0.15) is 5.69 Å². The molecule has 0 saturated heterocycles. The SMILES string of the molecule is O=C(Cl)c1nc(OC(F)(F)F)cc(CBr)c1C(F)(F)F. The second-order valence-corrected chi connectivity index (χ2v) is 4.20. The number of alkyl halides is 7. The summed E-state index contributed by atoms with van der Waals surface area (Å²) in [6.45, 7) is 0. The molecule has 0 fully saturated rings. The number of nitrogens with zero attached hydrogens (tertiary/aromatic N) is 1. The van der Waals surface area contributed by atoms with Crippen molar-refractivity contribution < 1.29 is 35.9 Å². The summed E-state index contributed by atoms with van der Waals surface area (Å²) in [7, 11) is 0. The van der Waals surface area contributed by atoms with Crippen molar-refractivity contribution in [1.82, 2.24) is 4.98 Å². The van der Waals surface area contributed by atoms with Gasteiger partial charge in [-0.2, -0.15) is 13.2 Å². The summed E-state index contributed by atoms with van der Waals surface area (Å²) in [4.78, 5) is 13.8. The van der Waals surface area contributed by atoms with Crippen LogP contribution in [0.1, 0.15) is 21.6 Å². The van der Waals surface area contributed by atoms with E-state index in [1.165, 1.54) is 0 Å². The van der Waals surface area contributed by atoms with Crippen LogP contribution in [0.25, 0.3) is 0 Å². The summed E-state index contributed by atoms with van der Waals surface area (Å²) in [5, 5.41) is -2.12. The van der Waals surface area contributed by atoms with E-state index in [4.69, 9.17) is 11.6 Å². The average Bonchev–Trinajstić information content (AvgIpc) is 2.23. The molecule has 0 N–H and O–H groups in total. The first-order valence-corrected chi connectivity index (χ1v) is 6.08. The quantitative estimate of drug-likeness (QED) is 0.442. The molecule has 0 aromatic carbocycles. The van der Waals surface area contributed by atoms with Gasteiger partial charge < -0.3 is 4.74 Å². The molecule has 0 aliphatic rings. The van der Waals surface area contributed by atoms with Gasteiger partial charge in [0.15, 0.2) is 0 Å². The third-order valence-electron chi connectivity index (χ3n) is 1.91. The minimum absolute atomic E-state index is 0.425. The van der Waals surface area contributed by atoms with E-state index in [0.717, 1.165) is 0 Å². The molecule has 11 heteroatoms. The molecule has 1 rings (SSSR count). The number of ether oxygens (including phenoxy) is 1. The van der Waals surface area contributed by atoms with Crippen LogP contribution >= 0.6 is 27.5 Å². The zero-order chi connectivity index (χ0) is 15.7. The molecule has 0 spiro atoms. The van der Waals surface area contributed by atoms with Gasteiger partial charge in [0, 0.05) is 11.4 Å². The first-order valence-electron chi connectivity index (χ1n) is 4.58. The highest BCUT2D eigenvalue weighted by molar-refractivity contribution is 9.08. The van der Waals surface area contributed by atoms with Gasteiger partial charge in [-0.3, -0.25) is 4.79 Å². The van der Waals surface area contributed by atoms with Crippen LogP contribution < -0.4 is 4.74 Å². The zero-order valence-electron chi connectivity index (χ0n) is 9.07. The Labute approximate surface area is 121 Å². The molecule has 0 atom stereocenters. The smallest absolute Gasteiger partial charge is 0.388 e. The first-order chi connectivity index (χ1) is 8.95. The highest BCUT2D eigenvalue weighted by Gasteiger charge is 2.40. The monoisotopic (exact) mass is 385 g/mol. The molecule has 1 aromatic heterocycles. The first kappa shape index (κ1) is 17.0. The van der Waals surface area contributed by atoms with Gasteiger partial charge in [0.25, 0.3) is 5.24 Å². The number of hydrogen-bond donors (Lipinski definition) is 0. The van der Waals surface area contributed by atoms with Gasteiger partial charge in [0.05, 0.1) is 5.56 Å². The number of carbonyl (C=O) groups excluding carboxylic acids is 1. The van der Waals surface area contributed by atoms with Crippen LogP contribution in [0.4, 0.5) is 26.3 Å². The lowest BCUT2D eigenvalue weighted by Gasteiger charge is -2.16. The van der Waals surface area contributed by atoms with E-state index in [9.17, 15) is 31.1 Å². The fourth-order valence-electron chi connectivity index (χ4n) is 1.31. The lowest BCUT2D eigenvalue weighted by Crippen LogP contribution is -2.21. The summed E-state index contributed by atoms with van der Waals surface area (Å²) in [6.07, 6.45) is -10.2. The fourth-order valence-corrected chi connectivity index (χ4v) is 1.89. The molecule has 0 radical (unpaired) electrons. The van der Waals surface area contributed by atoms with Gasteiger partial charge in [-0.05, 0) is 17.2 Å². The van der Waals surface area contributed by atoms with E-state index in [0.29, 0.717) is 6.07 Å². The van der Waals surface area contributed by atoms with Crippen LogP contribution in [-0.4, -0.2) is 16.6 Å². The summed E-state index contributed by atoms with van der Waals surface area (Å²) < 4.78 is 77.9. The molecule has 0 bridgehead atoms. The Kier molecular flexibility index (Phi) is 4.90. The predicted octanol–water partition coefficient (Wildman–Crippen LogP) is 4.27. The van der Waals surface area contributed by atoms with Crippen LogP contribution in [0.3, 0.4) is 0 Å². The Bertz CT molecular complexity index is 530. The maximum atomic E-state index is 12.8. The van der Waals surface area contributed by atoms with Crippen molar-refractivity contribution >= 4 is 32.8 Å². The molecule has 0 aliphatic carbocycles. The van der Waals surface area contributed by atoms with Gasteiger partial charge in [-0.25, -0.2) is 4.98 Å². The van der Waals surface area contributed by atoms with Crippen molar-refractivity contribution in [2.75, 3.05) is 0 Å². The molecule has 0 saturated carbocycles. The van der Waals surface area contributed by atoms with Gasteiger partial charge in [-0.1, -0.05) is 15.9 Å². The summed E-state index contributed by atoms with van der Waals surface area (Å²) in [5.41, 5.74) is -3.52. The summed E-state index contributed by atoms with van der Waals surface area (Å²) >= 11 is 7.61. The Hall–Kier alpha value is -1.03. The van der Waals surface area contributed by atoms with Crippen LogP contribution in [-0.2, 0) is 11.5 Å². The van der Waals surface area contributed by atoms with Crippen molar-refractivity contribution in [3.05, 3.63) is 22.9 Å². The number of hydrogen-bond acceptors (Lipinski definition) is 3. The summed E-state index contributed by atoms with van der Waals surface area (Å²) in [5.74, 6) is -1.20. The minimum atomic E-state index is -5.16. The topological polar surface area (TPSA) is 39.2 Å². The Balaban J connectivity index is 3.51. The standard InChI is InChI=1S/C9H3BrClF6NO2/c10-2-3-1-4(20-9(15,16)17)18-6(7(11)19)5(3)8(12,13)14/h1H,2H2. The molecule has 0 amide bonds. The lowest BCUT2D eigenvalue weighted by molar-refractivity contribution is -0.276. The van der Waals surface area contributed by atoms with Crippen LogP contribution in [0.5, 0.6) is 5.88 Å². The van der Waals surface area contributed by atoms with E-state index in [-0.39, 0.29) is 0 Å². The van der Waals surface area contributed by atoms with Crippen molar-refractivity contribution in [3.63, 3.8) is 0 Å². The second kappa shape index (κ2) is 5.76. The minimum Gasteiger partial charge on any atom is -0.388 e. The molecule has 0 unspecified atom stereocenters. The molecule has 1 aromatic rings. The molecule has 112 valence electrons. The van der Waals surface area contributed by atoms with E-state index in [2.05, 4.69) is 25.7 Å². The maximum absolute atomic E-state index is 12.8. The average molecular weight is 386 g/mol. The lowest BCUT2D eigenvalue weighted by atomic mass is 10.1. The highest BCUT2D eigenvalue weighted by atomic mass is 79.9. The van der Waals surface area contributed by atoms with Crippen LogP contribution in [0.2, 0.25) is 0 Å². The Morgan fingerprint density at radius 2 is 1.85 bits per heavy atom. The predicted molar refractivity (Wildman–Crippen MR) is 58.7 cm³/mol. The normalized spacial score (nSPS) is 12.4. The Morgan fingerprint density at radius 1 is 1.30 bits per heavy atom. The number of pyridine rings is 1. The molecular formula is C9H3BrClF6NO2. The van der Waals surface area contributed by atoms with Gasteiger partial charge in [0.2, 0.25) is 5.88 Å². The van der Waals surface area contributed by atoms with Gasteiger partial charge in [-0.15, -0.1) is 13.2 Å². The zero-order valence-corrected chi connectivity index (χ0v) is 11.4. The third-order valence-corrected chi connectivity index (χ3v) is 2.69. The van der Waals surface area contributed by atoms with Crippen molar-refractivity contribution in [1.29, 1.82) is 0 Å². The maximum Gasteiger partial charge on any atom is 0.574 e. The third kappa shape index (κ3) is 4.23. The summed E-state index contributed by atoms with van der Waals surface area (Å²) in [6, 6.07) is 0.425. The highest BCUT2D eigenvalue weighted by Crippen LogP contribution is 2.37. The Morgan fingerprint density at radius 3 is 2.20 bits per heavy atom. The largest absolute Gasteiger partial charge is 0.574 e. The number of rotatable bonds is 3. The van der Waals surface area contributed by atoms with E-state index < -0.39 is 45.8 Å². The number of halogens is 8. The molecular weight excluding hydrogens is 383 g/mol. The molecule has 1 heterocycles. The molecule has 0 aliphatic heterocycles. The van der Waals surface area contributed by atoms with Crippen molar-refractivity contribution in [2.24, 2.45) is 0 Å². The van der Waals surface area contributed by atoms with Crippen LogP contribution in [0.15, 0.2) is 6.07 Å². The van der Waals surface area contributed by atoms with Crippen molar-refractivity contribution in [3.8, 4) is 5.88 Å². The van der Waals surface area contributed by atoms with Crippen molar-refractivity contribution in [2.45, 2.75) is 17.9 Å². The van der Waals surface area contributed by atoms with Gasteiger partial charge >= 0.3 is 12.5 Å². The second-order valence-electron chi connectivity index (χ2n) is 3.30. The molecule has 20 heavy (non-hydrogen) atoms. The van der Waals surface area contributed by atoms with E-state index >= 15 is 0 Å². The number of aromatic nitrogens is 1. The van der Waals surface area contributed by atoms with E-state index in [1.807, 2.05) is 0 Å².